The highest BCUT2D eigenvalue weighted by Gasteiger charge is 2.21. The molecule has 0 bridgehead atoms. The lowest BCUT2D eigenvalue weighted by molar-refractivity contribution is -0.247. The summed E-state index contributed by atoms with van der Waals surface area (Å²) in [6.45, 7) is 11.0. The molecule has 0 aliphatic rings. The zero-order valence-electron chi connectivity index (χ0n) is 8.72. The molecule has 4 heteroatoms. The molecular formula is C8H20O3Si. The van der Waals surface area contributed by atoms with Crippen molar-refractivity contribution in [3.63, 3.8) is 0 Å². The van der Waals surface area contributed by atoms with Gasteiger partial charge in [0.2, 0.25) is 0 Å². The Morgan fingerprint density at radius 3 is 1.67 bits per heavy atom. The Balaban J connectivity index is 3.77. The lowest BCUT2D eigenvalue weighted by atomic mass is 10.8. The Hall–Kier alpha value is 0.0969. The van der Waals surface area contributed by atoms with Crippen LogP contribution in [0.5, 0.6) is 0 Å². The average molecular weight is 192 g/mol. The summed E-state index contributed by atoms with van der Waals surface area (Å²) in [5.41, 5.74) is 0. The Kier molecular flexibility index (Phi) is 5.74. The lowest BCUT2D eigenvalue weighted by Crippen LogP contribution is -2.35. The van der Waals surface area contributed by atoms with Crippen molar-refractivity contribution in [1.82, 2.24) is 0 Å². The van der Waals surface area contributed by atoms with Gasteiger partial charge < -0.3 is 13.9 Å². The lowest BCUT2D eigenvalue weighted by Gasteiger charge is -2.25. The maximum absolute atomic E-state index is 5.61. The highest BCUT2D eigenvalue weighted by Crippen LogP contribution is 2.09. The predicted octanol–water partition coefficient (Wildman–Crippen LogP) is 2.19. The van der Waals surface area contributed by atoms with Crippen molar-refractivity contribution in [2.75, 3.05) is 13.2 Å². The molecule has 0 unspecified atom stereocenters. The molecule has 0 spiro atoms. The van der Waals surface area contributed by atoms with Gasteiger partial charge in [0, 0.05) is 13.2 Å². The monoisotopic (exact) mass is 192 g/mol. The van der Waals surface area contributed by atoms with Gasteiger partial charge in [-0.15, -0.1) is 0 Å². The molecule has 0 N–H and O–H groups in total. The third kappa shape index (κ3) is 6.79. The Bertz CT molecular complexity index is 105. The molecule has 0 aromatic heterocycles. The molecule has 0 rings (SSSR count). The number of hydrogen-bond acceptors (Lipinski definition) is 3. The van der Waals surface area contributed by atoms with Gasteiger partial charge >= 0.3 is 0 Å². The fraction of sp³-hybridized carbons (Fsp3) is 1.00. The van der Waals surface area contributed by atoms with E-state index in [1.54, 1.807) is 0 Å². The first-order valence-electron chi connectivity index (χ1n) is 4.40. The van der Waals surface area contributed by atoms with Crippen molar-refractivity contribution >= 4 is 8.32 Å². The van der Waals surface area contributed by atoms with E-state index in [2.05, 4.69) is 19.6 Å². The maximum Gasteiger partial charge on any atom is 0.262 e. The Morgan fingerprint density at radius 2 is 1.42 bits per heavy atom. The fourth-order valence-electron chi connectivity index (χ4n) is 0.677. The summed E-state index contributed by atoms with van der Waals surface area (Å²) in [4.78, 5) is 0. The van der Waals surface area contributed by atoms with Gasteiger partial charge in [-0.25, -0.2) is 0 Å². The molecule has 0 saturated heterocycles. The first-order chi connectivity index (χ1) is 5.49. The van der Waals surface area contributed by atoms with Gasteiger partial charge in [-0.2, -0.15) is 0 Å². The van der Waals surface area contributed by atoms with Crippen molar-refractivity contribution in [2.45, 2.75) is 40.0 Å². The standard InChI is InChI=1S/C8H20O3Si/c1-6-9-8(10-7-2)11-12(3,4)5/h8H,6-7H2,1-5H3. The van der Waals surface area contributed by atoms with Gasteiger partial charge in [0.05, 0.1) is 0 Å². The number of ether oxygens (including phenoxy) is 2. The quantitative estimate of drug-likeness (QED) is 0.477. The summed E-state index contributed by atoms with van der Waals surface area (Å²) in [5.74, 6) is 0. The van der Waals surface area contributed by atoms with Gasteiger partial charge in [0.15, 0.2) is 8.32 Å². The SMILES string of the molecule is CCOC(OCC)O[Si](C)(C)C. The van der Waals surface area contributed by atoms with Crippen LogP contribution in [-0.4, -0.2) is 28.0 Å². The van der Waals surface area contributed by atoms with Crippen LogP contribution in [0.4, 0.5) is 0 Å². The first-order valence-corrected chi connectivity index (χ1v) is 7.81. The predicted molar refractivity (Wildman–Crippen MR) is 51.5 cm³/mol. The summed E-state index contributed by atoms with van der Waals surface area (Å²) in [7, 11) is -1.54. The topological polar surface area (TPSA) is 27.7 Å². The van der Waals surface area contributed by atoms with E-state index in [0.717, 1.165) is 0 Å². The molecular weight excluding hydrogens is 172 g/mol. The van der Waals surface area contributed by atoms with E-state index in [1.807, 2.05) is 13.8 Å². The van der Waals surface area contributed by atoms with Crippen LogP contribution >= 0.6 is 0 Å². The molecule has 0 radical (unpaired) electrons. The van der Waals surface area contributed by atoms with Crippen molar-refractivity contribution in [3.8, 4) is 0 Å². The first kappa shape index (κ1) is 12.1. The maximum atomic E-state index is 5.61. The minimum atomic E-state index is -1.54. The van der Waals surface area contributed by atoms with Crippen molar-refractivity contribution < 1.29 is 13.9 Å². The van der Waals surface area contributed by atoms with E-state index in [9.17, 15) is 0 Å². The second kappa shape index (κ2) is 5.69. The molecule has 74 valence electrons. The smallest absolute Gasteiger partial charge is 0.262 e. The molecule has 0 atom stereocenters. The zero-order valence-corrected chi connectivity index (χ0v) is 9.72. The van der Waals surface area contributed by atoms with E-state index in [4.69, 9.17) is 13.9 Å². The molecule has 0 heterocycles. The van der Waals surface area contributed by atoms with Crippen LogP contribution in [0.2, 0.25) is 19.6 Å². The van der Waals surface area contributed by atoms with Crippen LogP contribution in [0.1, 0.15) is 13.8 Å². The molecule has 0 saturated carbocycles. The highest BCUT2D eigenvalue weighted by atomic mass is 28.4. The van der Waals surface area contributed by atoms with Crippen LogP contribution in [0.25, 0.3) is 0 Å². The Labute approximate surface area is 76.1 Å². The summed E-state index contributed by atoms with van der Waals surface area (Å²) < 4.78 is 16.1. The van der Waals surface area contributed by atoms with Crippen molar-refractivity contribution in [1.29, 1.82) is 0 Å². The number of hydrogen-bond donors (Lipinski definition) is 0. The molecule has 0 aliphatic heterocycles. The summed E-state index contributed by atoms with van der Waals surface area (Å²) in [5, 5.41) is 0. The molecule has 0 amide bonds. The molecule has 12 heavy (non-hydrogen) atoms. The zero-order chi connectivity index (χ0) is 9.61. The van der Waals surface area contributed by atoms with Crippen LogP contribution in [0.15, 0.2) is 0 Å². The molecule has 0 fully saturated rings. The largest absolute Gasteiger partial charge is 0.372 e. The third-order valence-corrected chi connectivity index (χ3v) is 1.95. The normalized spacial score (nSPS) is 12.5. The van der Waals surface area contributed by atoms with E-state index < -0.39 is 14.8 Å². The van der Waals surface area contributed by atoms with Gasteiger partial charge in [-0.1, -0.05) is 0 Å². The average Bonchev–Trinajstić information content (AvgIpc) is 1.84. The van der Waals surface area contributed by atoms with Crippen molar-refractivity contribution in [2.24, 2.45) is 0 Å². The molecule has 0 aromatic rings. The van der Waals surface area contributed by atoms with Gasteiger partial charge in [-0.05, 0) is 33.5 Å². The van der Waals surface area contributed by atoms with Gasteiger partial charge in [-0.3, -0.25) is 0 Å². The van der Waals surface area contributed by atoms with E-state index in [1.165, 1.54) is 0 Å². The van der Waals surface area contributed by atoms with E-state index in [0.29, 0.717) is 13.2 Å². The molecule has 0 aromatic carbocycles. The summed E-state index contributed by atoms with van der Waals surface area (Å²) in [6.07, 6.45) is 0. The van der Waals surface area contributed by atoms with Crippen LogP contribution < -0.4 is 0 Å². The van der Waals surface area contributed by atoms with E-state index in [-0.39, 0.29) is 0 Å². The second-order valence-electron chi connectivity index (χ2n) is 3.43. The van der Waals surface area contributed by atoms with E-state index >= 15 is 0 Å². The van der Waals surface area contributed by atoms with Gasteiger partial charge in [0.25, 0.3) is 6.48 Å². The van der Waals surface area contributed by atoms with Gasteiger partial charge in [0.1, 0.15) is 0 Å². The minimum absolute atomic E-state index is 0.466. The highest BCUT2D eigenvalue weighted by molar-refractivity contribution is 6.69. The number of rotatable bonds is 6. The van der Waals surface area contributed by atoms with Crippen molar-refractivity contribution in [3.05, 3.63) is 0 Å². The molecule has 3 nitrogen and oxygen atoms in total. The van der Waals surface area contributed by atoms with Crippen LogP contribution in [-0.2, 0) is 13.9 Å². The third-order valence-electron chi connectivity index (χ3n) is 1.06. The fourth-order valence-corrected chi connectivity index (χ4v) is 1.39. The van der Waals surface area contributed by atoms with Crippen LogP contribution in [0.3, 0.4) is 0 Å². The molecule has 0 aliphatic carbocycles. The summed E-state index contributed by atoms with van der Waals surface area (Å²) >= 11 is 0. The second-order valence-corrected chi connectivity index (χ2v) is 7.89. The Morgan fingerprint density at radius 1 is 1.00 bits per heavy atom. The minimum Gasteiger partial charge on any atom is -0.372 e. The summed E-state index contributed by atoms with van der Waals surface area (Å²) in [6, 6.07) is 0. The van der Waals surface area contributed by atoms with Crippen LogP contribution in [0, 0.1) is 0 Å².